The largest absolute Gasteiger partial charge is 0.368 e. The van der Waals surface area contributed by atoms with E-state index in [1.165, 1.54) is 18.0 Å². The van der Waals surface area contributed by atoms with Gasteiger partial charge in [-0.3, -0.25) is 4.57 Å². The number of sulfone groups is 1. The van der Waals surface area contributed by atoms with E-state index in [0.717, 1.165) is 0 Å². The van der Waals surface area contributed by atoms with Crippen molar-refractivity contribution in [3.05, 3.63) is 18.7 Å². The van der Waals surface area contributed by atoms with Crippen molar-refractivity contribution in [2.75, 3.05) is 23.5 Å². The molecule has 0 spiro atoms. The smallest absolute Gasteiger partial charge is 0.240 e. The van der Waals surface area contributed by atoms with Crippen LogP contribution in [0.25, 0.3) is 5.95 Å². The Morgan fingerprint density at radius 1 is 1.37 bits per heavy atom. The zero-order chi connectivity index (χ0) is 13.9. The molecule has 0 aliphatic rings. The number of imidazole rings is 1. The second-order valence-corrected chi connectivity index (χ2v) is 7.05. The van der Waals surface area contributed by atoms with Crippen molar-refractivity contribution in [2.24, 2.45) is 0 Å². The zero-order valence-corrected chi connectivity index (χ0v) is 11.7. The van der Waals surface area contributed by atoms with Gasteiger partial charge in [0.25, 0.3) is 0 Å². The van der Waals surface area contributed by atoms with Crippen LogP contribution in [0.2, 0.25) is 0 Å². The molecule has 0 unspecified atom stereocenters. The fourth-order valence-corrected chi connectivity index (χ4v) is 3.23. The van der Waals surface area contributed by atoms with E-state index in [9.17, 15) is 8.42 Å². The molecule has 19 heavy (non-hydrogen) atoms. The molecule has 0 saturated heterocycles. The van der Waals surface area contributed by atoms with Crippen molar-refractivity contribution in [1.82, 2.24) is 24.5 Å². The van der Waals surface area contributed by atoms with E-state index in [1.54, 1.807) is 23.3 Å². The fraction of sp³-hybridized carbons (Fsp3) is 0.333. The molecule has 0 amide bonds. The minimum Gasteiger partial charge on any atom is -0.368 e. The highest BCUT2D eigenvalue weighted by atomic mass is 32.2. The molecule has 2 N–H and O–H groups in total. The van der Waals surface area contributed by atoms with E-state index in [-0.39, 0.29) is 11.7 Å². The van der Waals surface area contributed by atoms with E-state index in [2.05, 4.69) is 19.9 Å². The Labute approximate surface area is 114 Å². The van der Waals surface area contributed by atoms with Crippen LogP contribution in [0.15, 0.2) is 23.9 Å². The maximum absolute atomic E-state index is 11.0. The second kappa shape index (κ2) is 5.53. The van der Waals surface area contributed by atoms with Gasteiger partial charge in [0.15, 0.2) is 5.16 Å². The van der Waals surface area contributed by atoms with Crippen molar-refractivity contribution >= 4 is 27.5 Å². The summed E-state index contributed by atoms with van der Waals surface area (Å²) in [6.45, 7) is 0. The highest BCUT2D eigenvalue weighted by Gasteiger charge is 2.08. The highest BCUT2D eigenvalue weighted by molar-refractivity contribution is 8.00. The van der Waals surface area contributed by atoms with Gasteiger partial charge in [-0.05, 0) is 0 Å². The summed E-state index contributed by atoms with van der Waals surface area (Å²) in [6.07, 6.45) is 6.00. The summed E-state index contributed by atoms with van der Waals surface area (Å²) >= 11 is 1.22. The molecule has 0 atom stereocenters. The van der Waals surface area contributed by atoms with Gasteiger partial charge in [-0.2, -0.15) is 15.0 Å². The van der Waals surface area contributed by atoms with Gasteiger partial charge in [-0.15, -0.1) is 0 Å². The minimum atomic E-state index is -3.00. The summed E-state index contributed by atoms with van der Waals surface area (Å²) in [7, 11) is -3.00. The second-order valence-electron chi connectivity index (χ2n) is 3.72. The molecule has 2 aromatic heterocycles. The van der Waals surface area contributed by atoms with Crippen molar-refractivity contribution in [3.8, 4) is 5.95 Å². The zero-order valence-electron chi connectivity index (χ0n) is 10.1. The summed E-state index contributed by atoms with van der Waals surface area (Å²) in [4.78, 5) is 16.0. The van der Waals surface area contributed by atoms with Crippen LogP contribution in [-0.2, 0) is 9.84 Å². The Bertz CT molecular complexity index is 655. The van der Waals surface area contributed by atoms with E-state index in [4.69, 9.17) is 5.73 Å². The summed E-state index contributed by atoms with van der Waals surface area (Å²) in [5.74, 6) is 0.863. The SMILES string of the molecule is CS(=O)(=O)CCSc1nc(N)nc(-n2ccnc2)n1. The number of anilines is 1. The average Bonchev–Trinajstić information content (AvgIpc) is 2.79. The lowest BCUT2D eigenvalue weighted by atomic mass is 10.8. The van der Waals surface area contributed by atoms with Crippen LogP contribution >= 0.6 is 11.8 Å². The minimum absolute atomic E-state index is 0.0592. The van der Waals surface area contributed by atoms with E-state index < -0.39 is 9.84 Å². The maximum Gasteiger partial charge on any atom is 0.240 e. The number of hydrogen-bond donors (Lipinski definition) is 1. The molecule has 0 aliphatic heterocycles. The summed E-state index contributed by atoms with van der Waals surface area (Å²) in [5.41, 5.74) is 5.60. The van der Waals surface area contributed by atoms with Gasteiger partial charge >= 0.3 is 0 Å². The lowest BCUT2D eigenvalue weighted by Crippen LogP contribution is -2.08. The van der Waals surface area contributed by atoms with Crippen molar-refractivity contribution in [3.63, 3.8) is 0 Å². The Morgan fingerprint density at radius 2 is 2.16 bits per heavy atom. The molecule has 102 valence electrons. The molecule has 0 aromatic carbocycles. The predicted octanol–water partition coefficient (Wildman–Crippen LogP) is -0.224. The molecular weight excluding hydrogens is 288 g/mol. The maximum atomic E-state index is 11.0. The van der Waals surface area contributed by atoms with Crippen LogP contribution in [0.1, 0.15) is 0 Å². The van der Waals surface area contributed by atoms with E-state index >= 15 is 0 Å². The fourth-order valence-electron chi connectivity index (χ4n) is 1.20. The third-order valence-electron chi connectivity index (χ3n) is 2.04. The molecule has 0 radical (unpaired) electrons. The van der Waals surface area contributed by atoms with Crippen LogP contribution in [0.5, 0.6) is 0 Å². The Morgan fingerprint density at radius 3 is 2.79 bits per heavy atom. The molecule has 2 aromatic rings. The topological polar surface area (TPSA) is 117 Å². The van der Waals surface area contributed by atoms with Gasteiger partial charge in [0, 0.05) is 24.4 Å². The first-order valence-corrected chi connectivity index (χ1v) is 8.29. The molecule has 0 bridgehead atoms. The molecule has 2 heterocycles. The van der Waals surface area contributed by atoms with Gasteiger partial charge < -0.3 is 5.73 Å². The summed E-state index contributed by atoms with van der Waals surface area (Å²) in [6, 6.07) is 0. The normalized spacial score (nSPS) is 11.6. The lowest BCUT2D eigenvalue weighted by molar-refractivity contribution is 0.603. The number of aromatic nitrogens is 5. The molecule has 8 nitrogen and oxygen atoms in total. The predicted molar refractivity (Wildman–Crippen MR) is 71.8 cm³/mol. The molecule has 0 aliphatic carbocycles. The van der Waals surface area contributed by atoms with Crippen LogP contribution in [0, 0.1) is 0 Å². The number of nitrogen functional groups attached to an aromatic ring is 1. The van der Waals surface area contributed by atoms with Crippen LogP contribution in [0.3, 0.4) is 0 Å². The van der Waals surface area contributed by atoms with Crippen LogP contribution in [-0.4, -0.2) is 50.7 Å². The van der Waals surface area contributed by atoms with Crippen LogP contribution in [0.4, 0.5) is 5.95 Å². The van der Waals surface area contributed by atoms with Gasteiger partial charge in [0.2, 0.25) is 11.9 Å². The van der Waals surface area contributed by atoms with Crippen molar-refractivity contribution in [2.45, 2.75) is 5.16 Å². The van der Waals surface area contributed by atoms with Gasteiger partial charge in [0.1, 0.15) is 16.2 Å². The molecule has 0 fully saturated rings. The Balaban J connectivity index is 2.14. The Kier molecular flexibility index (Phi) is 4.00. The van der Waals surface area contributed by atoms with Crippen molar-refractivity contribution < 1.29 is 8.42 Å². The van der Waals surface area contributed by atoms with Crippen LogP contribution < -0.4 is 5.73 Å². The van der Waals surface area contributed by atoms with Gasteiger partial charge in [-0.25, -0.2) is 13.4 Å². The van der Waals surface area contributed by atoms with Crippen molar-refractivity contribution in [1.29, 1.82) is 0 Å². The van der Waals surface area contributed by atoms with Gasteiger partial charge in [0.05, 0.1) is 5.75 Å². The lowest BCUT2D eigenvalue weighted by Gasteiger charge is -2.04. The number of rotatable bonds is 5. The Hall–Kier alpha value is -1.68. The first kappa shape index (κ1) is 13.7. The first-order chi connectivity index (χ1) is 8.94. The molecule has 10 heteroatoms. The highest BCUT2D eigenvalue weighted by Crippen LogP contribution is 2.15. The summed E-state index contributed by atoms with van der Waals surface area (Å²) in [5, 5.41) is 0.389. The third kappa shape index (κ3) is 4.17. The number of thioether (sulfide) groups is 1. The van der Waals surface area contributed by atoms with E-state index in [1.807, 2.05) is 0 Å². The standard InChI is InChI=1S/C9H12N6O2S2/c1-19(16,17)5-4-18-9-13-7(10)12-8(14-9)15-3-2-11-6-15/h2-3,6H,4-5H2,1H3,(H2,10,12,13,14). The summed E-state index contributed by atoms with van der Waals surface area (Å²) < 4.78 is 23.7. The molecular formula is C9H12N6O2S2. The molecule has 2 rings (SSSR count). The first-order valence-electron chi connectivity index (χ1n) is 5.24. The number of nitrogens with zero attached hydrogens (tertiary/aromatic N) is 5. The quantitative estimate of drug-likeness (QED) is 0.753. The third-order valence-corrected chi connectivity index (χ3v) is 4.09. The number of nitrogens with two attached hydrogens (primary N) is 1. The average molecular weight is 300 g/mol. The monoisotopic (exact) mass is 300 g/mol. The van der Waals surface area contributed by atoms with E-state index in [0.29, 0.717) is 16.9 Å². The molecule has 0 saturated carbocycles. The number of hydrogen-bond acceptors (Lipinski definition) is 8. The van der Waals surface area contributed by atoms with Gasteiger partial charge in [-0.1, -0.05) is 11.8 Å².